The van der Waals surface area contributed by atoms with Gasteiger partial charge in [0.25, 0.3) is 0 Å². The van der Waals surface area contributed by atoms with E-state index < -0.39 is 11.8 Å². The number of benzene rings is 2. The van der Waals surface area contributed by atoms with E-state index in [2.05, 4.69) is 65.4 Å². The number of hydrogen-bond acceptors (Lipinski definition) is 5. The fourth-order valence-corrected chi connectivity index (χ4v) is 4.68. The molecule has 2 atom stereocenters. The molecule has 2 heterocycles. The van der Waals surface area contributed by atoms with Crippen molar-refractivity contribution in [2.45, 2.75) is 45.0 Å². The molecule has 33 heavy (non-hydrogen) atoms. The number of aliphatic hydroxyl groups is 1. The molecular formula is C28H31N3O2. The van der Waals surface area contributed by atoms with Crippen LogP contribution < -0.4 is 10.7 Å². The average molecular weight is 442 g/mol. The highest BCUT2D eigenvalue weighted by Crippen LogP contribution is 2.38. The van der Waals surface area contributed by atoms with Crippen LogP contribution in [0.5, 0.6) is 0 Å². The molecule has 5 heteroatoms. The van der Waals surface area contributed by atoms with Crippen LogP contribution in [0.4, 0.5) is 0 Å². The lowest BCUT2D eigenvalue weighted by molar-refractivity contribution is -0.109. The predicted molar refractivity (Wildman–Crippen MR) is 131 cm³/mol. The minimum Gasteiger partial charge on any atom is -0.461 e. The quantitative estimate of drug-likeness (QED) is 0.647. The highest BCUT2D eigenvalue weighted by molar-refractivity contribution is 5.79. The molecule has 3 aliphatic rings. The van der Waals surface area contributed by atoms with Crippen molar-refractivity contribution >= 4 is 5.57 Å². The Kier molecular flexibility index (Phi) is 5.71. The van der Waals surface area contributed by atoms with Crippen LogP contribution in [0, 0.1) is 0 Å². The van der Waals surface area contributed by atoms with E-state index in [-0.39, 0.29) is 6.04 Å². The number of hydrazine groups is 1. The van der Waals surface area contributed by atoms with Gasteiger partial charge in [0, 0.05) is 23.4 Å². The number of hydrogen-bond donors (Lipinski definition) is 3. The molecule has 0 bridgehead atoms. The number of allylic oxidation sites excluding steroid dienone is 4. The van der Waals surface area contributed by atoms with Crippen molar-refractivity contribution in [3.8, 4) is 0 Å². The Bertz CT molecular complexity index is 1150. The molecule has 1 fully saturated rings. The first-order valence-electron chi connectivity index (χ1n) is 11.5. The SMILES string of the molecule is CC1=C(c2ccccc2)C=C2C=C3NC(C)(C)[C@H](O)N(NCCc4ccccc4)C3C=C2O1. The Balaban J connectivity index is 1.41. The number of nitrogens with zero attached hydrogens (tertiary/aromatic N) is 1. The fraction of sp³-hybridized carbons (Fsp3) is 0.286. The van der Waals surface area contributed by atoms with Crippen LogP contribution in [0.2, 0.25) is 0 Å². The average Bonchev–Trinajstić information content (AvgIpc) is 2.81. The van der Waals surface area contributed by atoms with E-state index in [1.165, 1.54) is 5.56 Å². The summed E-state index contributed by atoms with van der Waals surface area (Å²) in [5.74, 6) is 1.70. The third-order valence-corrected chi connectivity index (χ3v) is 6.48. The van der Waals surface area contributed by atoms with Gasteiger partial charge in [-0.15, -0.1) is 0 Å². The van der Waals surface area contributed by atoms with Crippen molar-refractivity contribution in [2.75, 3.05) is 6.54 Å². The van der Waals surface area contributed by atoms with Crippen molar-refractivity contribution in [1.29, 1.82) is 0 Å². The number of rotatable bonds is 5. The molecule has 0 aromatic heterocycles. The van der Waals surface area contributed by atoms with Crippen LogP contribution in [-0.2, 0) is 11.2 Å². The summed E-state index contributed by atoms with van der Waals surface area (Å²) in [5, 5.41) is 16.7. The van der Waals surface area contributed by atoms with Crippen LogP contribution in [0.1, 0.15) is 31.9 Å². The number of fused-ring (bicyclic) bond motifs is 2. The summed E-state index contributed by atoms with van der Waals surface area (Å²) in [5.41, 5.74) is 8.54. The summed E-state index contributed by atoms with van der Waals surface area (Å²) in [6.07, 6.45) is 6.60. The molecule has 0 spiro atoms. The zero-order valence-electron chi connectivity index (χ0n) is 19.4. The third-order valence-electron chi connectivity index (χ3n) is 6.48. The van der Waals surface area contributed by atoms with Gasteiger partial charge in [-0.2, -0.15) is 0 Å². The van der Waals surface area contributed by atoms with Gasteiger partial charge in [0.15, 0.2) is 0 Å². The first kappa shape index (κ1) is 21.7. The zero-order valence-corrected chi connectivity index (χ0v) is 19.4. The number of aliphatic hydroxyl groups excluding tert-OH is 1. The molecule has 1 unspecified atom stereocenters. The third kappa shape index (κ3) is 4.27. The molecule has 0 amide bonds. The molecule has 1 aliphatic carbocycles. The second-order valence-corrected chi connectivity index (χ2v) is 9.38. The molecule has 2 aliphatic heterocycles. The second kappa shape index (κ2) is 8.67. The van der Waals surface area contributed by atoms with E-state index in [0.717, 1.165) is 46.9 Å². The normalized spacial score (nSPS) is 23.9. The summed E-state index contributed by atoms with van der Waals surface area (Å²) >= 11 is 0. The Morgan fingerprint density at radius 1 is 1.03 bits per heavy atom. The maximum absolute atomic E-state index is 11.2. The Morgan fingerprint density at radius 2 is 1.73 bits per heavy atom. The predicted octanol–water partition coefficient (Wildman–Crippen LogP) is 4.27. The van der Waals surface area contributed by atoms with Gasteiger partial charge in [0.05, 0.1) is 11.6 Å². The molecule has 1 saturated heterocycles. The van der Waals surface area contributed by atoms with Crippen LogP contribution >= 0.6 is 0 Å². The van der Waals surface area contributed by atoms with Crippen LogP contribution in [-0.4, -0.2) is 34.5 Å². The number of ether oxygens (including phenoxy) is 1. The first-order chi connectivity index (χ1) is 15.9. The van der Waals surface area contributed by atoms with Crippen molar-refractivity contribution in [2.24, 2.45) is 0 Å². The summed E-state index contributed by atoms with van der Waals surface area (Å²) < 4.78 is 6.28. The van der Waals surface area contributed by atoms with Crippen molar-refractivity contribution in [1.82, 2.24) is 15.8 Å². The molecule has 2 aromatic rings. The van der Waals surface area contributed by atoms with Gasteiger partial charge >= 0.3 is 0 Å². The Hall–Kier alpha value is -3.12. The van der Waals surface area contributed by atoms with Gasteiger partial charge in [0.1, 0.15) is 17.7 Å². The van der Waals surface area contributed by atoms with E-state index in [9.17, 15) is 5.11 Å². The highest BCUT2D eigenvalue weighted by atomic mass is 16.5. The molecule has 5 nitrogen and oxygen atoms in total. The molecule has 170 valence electrons. The lowest BCUT2D eigenvalue weighted by Gasteiger charge is -2.50. The molecule has 2 aromatic carbocycles. The van der Waals surface area contributed by atoms with Gasteiger partial charge in [-0.05, 0) is 56.5 Å². The summed E-state index contributed by atoms with van der Waals surface area (Å²) in [7, 11) is 0. The topological polar surface area (TPSA) is 56.8 Å². The molecule has 0 radical (unpaired) electrons. The van der Waals surface area contributed by atoms with Crippen molar-refractivity contribution in [3.05, 3.63) is 113 Å². The zero-order chi connectivity index (χ0) is 23.0. The lowest BCUT2D eigenvalue weighted by Crippen LogP contribution is -2.69. The monoisotopic (exact) mass is 441 g/mol. The van der Waals surface area contributed by atoms with Crippen LogP contribution in [0.15, 0.2) is 102 Å². The highest BCUT2D eigenvalue weighted by Gasteiger charge is 2.44. The lowest BCUT2D eigenvalue weighted by atomic mass is 9.89. The number of piperazine rings is 1. The van der Waals surface area contributed by atoms with E-state index >= 15 is 0 Å². The molecular weight excluding hydrogens is 410 g/mol. The summed E-state index contributed by atoms with van der Waals surface area (Å²) in [4.78, 5) is 0. The van der Waals surface area contributed by atoms with E-state index in [4.69, 9.17) is 4.74 Å². The van der Waals surface area contributed by atoms with Crippen molar-refractivity contribution < 1.29 is 9.84 Å². The molecule has 3 N–H and O–H groups in total. The maximum Gasteiger partial charge on any atom is 0.143 e. The van der Waals surface area contributed by atoms with E-state index in [1.54, 1.807) is 0 Å². The maximum atomic E-state index is 11.2. The van der Waals surface area contributed by atoms with E-state index in [0.29, 0.717) is 0 Å². The molecule has 5 rings (SSSR count). The van der Waals surface area contributed by atoms with Gasteiger partial charge in [-0.3, -0.25) is 5.43 Å². The summed E-state index contributed by atoms with van der Waals surface area (Å²) in [6, 6.07) is 20.5. The Labute approximate surface area is 195 Å². The Morgan fingerprint density at radius 3 is 2.45 bits per heavy atom. The van der Waals surface area contributed by atoms with Crippen LogP contribution in [0.25, 0.3) is 5.57 Å². The van der Waals surface area contributed by atoms with Crippen molar-refractivity contribution in [3.63, 3.8) is 0 Å². The largest absolute Gasteiger partial charge is 0.461 e. The van der Waals surface area contributed by atoms with Gasteiger partial charge < -0.3 is 15.2 Å². The second-order valence-electron chi connectivity index (χ2n) is 9.38. The number of nitrogens with one attached hydrogen (secondary N) is 2. The first-order valence-corrected chi connectivity index (χ1v) is 11.5. The molecule has 0 saturated carbocycles. The standard InChI is InChI=1S/C28H31N3O2/c1-19-23(21-12-8-5-9-13-21)16-22-17-24-25(18-26(22)33-19)31(27(32)28(2,3)30-24)29-15-14-20-10-6-4-7-11-20/h4-13,16-18,25,27,29-30,32H,14-15H2,1-3H3/t25?,27-/m0/s1. The summed E-state index contributed by atoms with van der Waals surface area (Å²) in [6.45, 7) is 6.77. The van der Waals surface area contributed by atoms with Crippen LogP contribution in [0.3, 0.4) is 0 Å². The van der Waals surface area contributed by atoms with Gasteiger partial charge in [0.2, 0.25) is 0 Å². The minimum absolute atomic E-state index is 0.151. The van der Waals surface area contributed by atoms with E-state index in [1.807, 2.05) is 50.0 Å². The minimum atomic E-state index is -0.710. The van der Waals surface area contributed by atoms with Gasteiger partial charge in [-0.25, -0.2) is 5.01 Å². The smallest absolute Gasteiger partial charge is 0.143 e. The fourth-order valence-electron chi connectivity index (χ4n) is 4.68. The van der Waals surface area contributed by atoms with Gasteiger partial charge in [-0.1, -0.05) is 60.7 Å².